The molecule has 4 heterocycles. The predicted molar refractivity (Wildman–Crippen MR) is 117 cm³/mol. The monoisotopic (exact) mass is 449 g/mol. The highest BCUT2D eigenvalue weighted by molar-refractivity contribution is 6.34. The maximum Gasteiger partial charge on any atom is 0.293 e. The Morgan fingerprint density at radius 1 is 1.23 bits per heavy atom. The summed E-state index contributed by atoms with van der Waals surface area (Å²) >= 11 is 6.43. The van der Waals surface area contributed by atoms with Crippen LogP contribution in [0.5, 0.6) is 0 Å². The number of rotatable bonds is 2. The molecule has 0 saturated heterocycles. The van der Waals surface area contributed by atoms with E-state index in [4.69, 9.17) is 11.6 Å². The van der Waals surface area contributed by atoms with Crippen LogP contribution in [0.1, 0.15) is 37.2 Å². The molecule has 3 N–H and O–H groups in total. The lowest BCUT2D eigenvalue weighted by Crippen LogP contribution is -2.76. The van der Waals surface area contributed by atoms with Crippen molar-refractivity contribution >= 4 is 52.5 Å². The van der Waals surface area contributed by atoms with Crippen LogP contribution in [-0.4, -0.2) is 38.2 Å². The second-order valence-electron chi connectivity index (χ2n) is 8.49. The Hall–Kier alpha value is -2.78. The Morgan fingerprint density at radius 3 is 2.67 bits per heavy atom. The van der Waals surface area contributed by atoms with E-state index in [2.05, 4.69) is 39.4 Å². The zero-order valence-electron chi connectivity index (χ0n) is 16.6. The largest absolute Gasteiger partial charge is 0.346 e. The average molecular weight is 450 g/mol. The second kappa shape index (κ2) is 6.61. The number of hydrogen-bond acceptors (Lipinski definition) is 6. The van der Waals surface area contributed by atoms with Gasteiger partial charge < -0.3 is 15.6 Å². The summed E-state index contributed by atoms with van der Waals surface area (Å²) in [6.45, 7) is 4.28. The third-order valence-electron chi connectivity index (χ3n) is 5.76. The van der Waals surface area contributed by atoms with Gasteiger partial charge in [-0.3, -0.25) is 14.6 Å². The summed E-state index contributed by atoms with van der Waals surface area (Å²) in [7, 11) is 1.80. The van der Waals surface area contributed by atoms with E-state index < -0.39 is 5.66 Å². The Bertz CT molecular complexity index is 1230. The van der Waals surface area contributed by atoms with Crippen LogP contribution in [0.3, 0.4) is 0 Å². The lowest BCUT2D eigenvalue weighted by atomic mass is 9.63. The normalized spacial score (nSPS) is 18.4. The molecule has 0 unspecified atom stereocenters. The van der Waals surface area contributed by atoms with Crippen LogP contribution in [0.2, 0.25) is 5.02 Å². The number of carbonyl (C=O) groups is 1. The van der Waals surface area contributed by atoms with E-state index in [1.165, 1.54) is 17.1 Å². The summed E-state index contributed by atoms with van der Waals surface area (Å²) in [5.41, 5.74) is 0.141. The summed E-state index contributed by atoms with van der Waals surface area (Å²) < 4.78 is 1.37. The molecule has 11 heteroatoms. The van der Waals surface area contributed by atoms with Gasteiger partial charge in [-0.25, -0.2) is 14.6 Å². The summed E-state index contributed by atoms with van der Waals surface area (Å²) in [5, 5.41) is 8.83. The van der Waals surface area contributed by atoms with Gasteiger partial charge >= 0.3 is 0 Å². The first-order valence-electron chi connectivity index (χ1n) is 9.28. The Morgan fingerprint density at radius 2 is 1.97 bits per heavy atom. The lowest BCUT2D eigenvalue weighted by molar-refractivity contribution is 0.00753. The minimum Gasteiger partial charge on any atom is -0.346 e. The van der Waals surface area contributed by atoms with Crippen molar-refractivity contribution in [2.24, 2.45) is 5.41 Å². The van der Waals surface area contributed by atoms with Crippen LogP contribution in [-0.2, 0) is 0 Å². The van der Waals surface area contributed by atoms with Gasteiger partial charge in [-0.2, -0.15) is 0 Å². The van der Waals surface area contributed by atoms with Gasteiger partial charge in [0.25, 0.3) is 11.5 Å². The average Bonchev–Trinajstić information content (AvgIpc) is 3.10. The van der Waals surface area contributed by atoms with Gasteiger partial charge in [-0.1, -0.05) is 25.4 Å². The molecule has 5 rings (SSSR count). The maximum atomic E-state index is 13.4. The summed E-state index contributed by atoms with van der Waals surface area (Å²) in [6.07, 6.45) is 4.62. The molecule has 9 nitrogen and oxygen atoms in total. The van der Waals surface area contributed by atoms with Crippen LogP contribution in [0, 0.1) is 5.41 Å². The van der Waals surface area contributed by atoms with Crippen LogP contribution in [0.4, 0.5) is 11.5 Å². The molecule has 3 aromatic heterocycles. The zero-order valence-corrected chi connectivity index (χ0v) is 18.2. The van der Waals surface area contributed by atoms with Gasteiger partial charge in [-0.15, -0.1) is 12.4 Å². The molecule has 1 fully saturated rings. The first-order chi connectivity index (χ1) is 13.7. The standard InChI is InChI=1S/C19H20ClN7O2.ClH/c1-18(2)7-19(8-18)25-16(28)13-11(20)6-12(17(29)27(13)26(19)3)24-15-10-4-5-21-14(10)22-9-23-15;/h4-6,9H,7-8H2,1-3H3,(H,25,28)(H2,21,22,23,24);1H. The highest BCUT2D eigenvalue weighted by Gasteiger charge is 2.56. The van der Waals surface area contributed by atoms with Crippen molar-refractivity contribution in [1.82, 2.24) is 24.9 Å². The van der Waals surface area contributed by atoms with Crippen molar-refractivity contribution in [2.75, 3.05) is 17.4 Å². The van der Waals surface area contributed by atoms with E-state index in [0.717, 1.165) is 18.2 Å². The van der Waals surface area contributed by atoms with Crippen molar-refractivity contribution < 1.29 is 4.79 Å². The molecule has 1 aliphatic heterocycles. The molecule has 1 saturated carbocycles. The van der Waals surface area contributed by atoms with E-state index >= 15 is 0 Å². The topological polar surface area (TPSA) is 108 Å². The van der Waals surface area contributed by atoms with Crippen molar-refractivity contribution in [3.05, 3.63) is 45.7 Å². The number of nitrogens with zero attached hydrogens (tertiary/aromatic N) is 4. The van der Waals surface area contributed by atoms with Gasteiger partial charge in [-0.05, 0) is 30.4 Å². The van der Waals surface area contributed by atoms with Gasteiger partial charge in [0, 0.05) is 13.2 Å². The zero-order chi connectivity index (χ0) is 20.6. The molecular weight excluding hydrogens is 429 g/mol. The highest BCUT2D eigenvalue weighted by atomic mass is 35.5. The van der Waals surface area contributed by atoms with E-state index in [0.29, 0.717) is 11.5 Å². The molecule has 1 aliphatic carbocycles. The van der Waals surface area contributed by atoms with Gasteiger partial charge in [0.05, 0.1) is 10.4 Å². The van der Waals surface area contributed by atoms with Crippen LogP contribution in [0.25, 0.3) is 11.0 Å². The Balaban J connectivity index is 0.00000218. The first-order valence-corrected chi connectivity index (χ1v) is 9.66. The first kappa shape index (κ1) is 20.5. The smallest absolute Gasteiger partial charge is 0.293 e. The Labute approximate surface area is 183 Å². The number of amides is 1. The number of carbonyl (C=O) groups excluding carboxylic acids is 1. The van der Waals surface area contributed by atoms with Gasteiger partial charge in [0.1, 0.15) is 34.8 Å². The maximum absolute atomic E-state index is 13.4. The fourth-order valence-corrected chi connectivity index (χ4v) is 4.92. The predicted octanol–water partition coefficient (Wildman–Crippen LogP) is 2.77. The van der Waals surface area contributed by atoms with Crippen molar-refractivity contribution in [3.8, 4) is 0 Å². The van der Waals surface area contributed by atoms with Crippen LogP contribution in [0.15, 0.2) is 29.5 Å². The molecule has 2 aliphatic rings. The number of anilines is 2. The number of aromatic nitrogens is 4. The molecule has 0 aromatic carbocycles. The van der Waals surface area contributed by atoms with Crippen molar-refractivity contribution in [3.63, 3.8) is 0 Å². The molecule has 158 valence electrons. The number of pyridine rings is 1. The third kappa shape index (κ3) is 2.84. The van der Waals surface area contributed by atoms with Gasteiger partial charge in [0.15, 0.2) is 0 Å². The third-order valence-corrected chi connectivity index (χ3v) is 6.05. The van der Waals surface area contributed by atoms with Crippen molar-refractivity contribution in [1.29, 1.82) is 0 Å². The molecule has 0 atom stereocenters. The van der Waals surface area contributed by atoms with Crippen molar-refractivity contribution in [2.45, 2.75) is 32.4 Å². The van der Waals surface area contributed by atoms with Crippen LogP contribution < -0.4 is 21.2 Å². The molecule has 1 spiro atoms. The quantitative estimate of drug-likeness (QED) is 0.554. The lowest BCUT2D eigenvalue weighted by Gasteiger charge is -2.59. The fraction of sp³-hybridized carbons (Fsp3) is 0.368. The second-order valence-corrected chi connectivity index (χ2v) is 8.89. The molecule has 3 aromatic rings. The number of fused-ring (bicyclic) bond motifs is 2. The molecule has 1 amide bonds. The number of aromatic amines is 1. The van der Waals surface area contributed by atoms with E-state index in [9.17, 15) is 9.59 Å². The number of nitrogens with one attached hydrogen (secondary N) is 3. The minimum absolute atomic E-state index is 0. The number of H-pyrrole nitrogens is 1. The summed E-state index contributed by atoms with van der Waals surface area (Å²) in [5.74, 6) is 0.134. The van der Waals surface area contributed by atoms with Crippen LogP contribution >= 0.6 is 24.0 Å². The molecule has 0 radical (unpaired) electrons. The summed E-state index contributed by atoms with van der Waals surface area (Å²) in [6, 6.07) is 3.28. The minimum atomic E-state index is -0.595. The molecule has 30 heavy (non-hydrogen) atoms. The molecule has 0 bridgehead atoms. The SMILES string of the molecule is CN1n2c(c(Cl)cc(Nc3ncnc4[nH]ccc34)c2=O)C(=O)NC12CC(C)(C)C2.Cl. The van der Waals surface area contributed by atoms with E-state index in [1.54, 1.807) is 18.3 Å². The number of halogens is 2. The highest BCUT2D eigenvalue weighted by Crippen LogP contribution is 2.49. The number of hydrogen-bond donors (Lipinski definition) is 3. The Kier molecular flexibility index (Phi) is 4.52. The fourth-order valence-electron chi connectivity index (χ4n) is 4.65. The van der Waals surface area contributed by atoms with Gasteiger partial charge in [0.2, 0.25) is 0 Å². The van der Waals surface area contributed by atoms with E-state index in [1.807, 2.05) is 6.07 Å². The van der Waals surface area contributed by atoms with E-state index in [-0.39, 0.29) is 45.7 Å². The molecular formula is C19H21Cl2N7O2. The summed E-state index contributed by atoms with van der Waals surface area (Å²) in [4.78, 5) is 37.6.